The van der Waals surface area contributed by atoms with Gasteiger partial charge in [-0.05, 0) is 30.2 Å². The van der Waals surface area contributed by atoms with Gasteiger partial charge in [-0.15, -0.1) is 0 Å². The highest BCUT2D eigenvalue weighted by molar-refractivity contribution is 5.91. The van der Waals surface area contributed by atoms with Gasteiger partial charge in [0.2, 0.25) is 5.91 Å². The first-order valence-corrected chi connectivity index (χ1v) is 6.15. The molecular weight excluding hydrogens is 236 g/mol. The predicted octanol–water partition coefficient (Wildman–Crippen LogP) is 2.72. The Bertz CT molecular complexity index is 576. The van der Waals surface area contributed by atoms with Gasteiger partial charge in [-0.2, -0.15) is 0 Å². The van der Waals surface area contributed by atoms with Crippen LogP contribution in [0, 0.1) is 6.92 Å². The molecule has 1 aromatic heterocycles. The summed E-state index contributed by atoms with van der Waals surface area (Å²) in [7, 11) is 0. The van der Waals surface area contributed by atoms with E-state index in [4.69, 9.17) is 0 Å². The van der Waals surface area contributed by atoms with E-state index in [1.807, 2.05) is 37.3 Å². The number of aryl methyl sites for hydroxylation is 1. The van der Waals surface area contributed by atoms with Crippen LogP contribution in [0.15, 0.2) is 54.9 Å². The molecule has 0 saturated heterocycles. The van der Waals surface area contributed by atoms with Crippen LogP contribution in [-0.2, 0) is 11.3 Å². The average Bonchev–Trinajstić information content (AvgIpc) is 2.44. The SMILES string of the molecule is Cc1cccc(CNC(=O)/C=C/c2cccnc2)c1. The van der Waals surface area contributed by atoms with E-state index in [2.05, 4.69) is 16.4 Å². The van der Waals surface area contributed by atoms with Gasteiger partial charge in [-0.1, -0.05) is 35.9 Å². The Morgan fingerprint density at radius 2 is 2.21 bits per heavy atom. The van der Waals surface area contributed by atoms with Crippen LogP contribution in [0.4, 0.5) is 0 Å². The molecule has 0 spiro atoms. The smallest absolute Gasteiger partial charge is 0.244 e. The third kappa shape index (κ3) is 4.39. The normalized spacial score (nSPS) is 10.6. The average molecular weight is 252 g/mol. The Morgan fingerprint density at radius 3 is 2.95 bits per heavy atom. The molecule has 0 saturated carbocycles. The van der Waals surface area contributed by atoms with E-state index >= 15 is 0 Å². The van der Waals surface area contributed by atoms with Crippen molar-refractivity contribution in [3.05, 3.63) is 71.6 Å². The highest BCUT2D eigenvalue weighted by Gasteiger charge is 1.97. The zero-order valence-electron chi connectivity index (χ0n) is 10.8. The third-order valence-electron chi connectivity index (χ3n) is 2.66. The minimum Gasteiger partial charge on any atom is -0.348 e. The first-order chi connectivity index (χ1) is 9.24. The Balaban J connectivity index is 1.87. The summed E-state index contributed by atoms with van der Waals surface area (Å²) in [6, 6.07) is 11.8. The Morgan fingerprint density at radius 1 is 1.32 bits per heavy atom. The fraction of sp³-hybridized carbons (Fsp3) is 0.125. The standard InChI is InChI=1S/C16H16N2O/c1-13-4-2-5-15(10-13)12-18-16(19)8-7-14-6-3-9-17-11-14/h2-11H,12H2,1H3,(H,18,19)/b8-7+. The first kappa shape index (κ1) is 13.0. The van der Waals surface area contributed by atoms with E-state index in [1.165, 1.54) is 11.6 Å². The fourth-order valence-corrected chi connectivity index (χ4v) is 1.72. The number of hydrogen-bond donors (Lipinski definition) is 1. The van der Waals surface area contributed by atoms with Crippen molar-refractivity contribution < 1.29 is 4.79 Å². The molecule has 3 heteroatoms. The van der Waals surface area contributed by atoms with Gasteiger partial charge >= 0.3 is 0 Å². The molecule has 0 aliphatic rings. The fourth-order valence-electron chi connectivity index (χ4n) is 1.72. The molecule has 0 aliphatic heterocycles. The van der Waals surface area contributed by atoms with Gasteiger partial charge in [-0.25, -0.2) is 0 Å². The lowest BCUT2D eigenvalue weighted by atomic mass is 10.1. The van der Waals surface area contributed by atoms with Crippen LogP contribution >= 0.6 is 0 Å². The number of pyridine rings is 1. The Labute approximate surface area is 113 Å². The van der Waals surface area contributed by atoms with E-state index in [0.717, 1.165) is 11.1 Å². The Kier molecular flexibility index (Phi) is 4.45. The molecule has 1 aromatic carbocycles. The second-order valence-corrected chi connectivity index (χ2v) is 4.33. The first-order valence-electron chi connectivity index (χ1n) is 6.15. The number of benzene rings is 1. The molecule has 0 fully saturated rings. The van der Waals surface area contributed by atoms with E-state index in [1.54, 1.807) is 18.5 Å². The third-order valence-corrected chi connectivity index (χ3v) is 2.66. The van der Waals surface area contributed by atoms with Crippen LogP contribution in [0.1, 0.15) is 16.7 Å². The van der Waals surface area contributed by atoms with Gasteiger partial charge in [0.25, 0.3) is 0 Å². The molecule has 2 aromatic rings. The topological polar surface area (TPSA) is 42.0 Å². The minimum absolute atomic E-state index is 0.106. The number of nitrogens with zero attached hydrogens (tertiary/aromatic N) is 1. The highest BCUT2D eigenvalue weighted by atomic mass is 16.1. The summed E-state index contributed by atoms with van der Waals surface area (Å²) in [5.74, 6) is -0.106. The Hall–Kier alpha value is -2.42. The van der Waals surface area contributed by atoms with Crippen molar-refractivity contribution in [3.8, 4) is 0 Å². The molecule has 1 heterocycles. The van der Waals surface area contributed by atoms with Crippen molar-refractivity contribution in [1.82, 2.24) is 10.3 Å². The molecular formula is C16H16N2O. The molecule has 3 nitrogen and oxygen atoms in total. The van der Waals surface area contributed by atoms with Crippen LogP contribution < -0.4 is 5.32 Å². The molecule has 0 bridgehead atoms. The predicted molar refractivity (Wildman–Crippen MR) is 76.3 cm³/mol. The summed E-state index contributed by atoms with van der Waals surface area (Å²) in [6.07, 6.45) is 6.69. The second kappa shape index (κ2) is 6.50. The molecule has 0 radical (unpaired) electrons. The quantitative estimate of drug-likeness (QED) is 0.850. The number of nitrogens with one attached hydrogen (secondary N) is 1. The van der Waals surface area contributed by atoms with Gasteiger partial charge in [0.1, 0.15) is 0 Å². The molecule has 1 amide bonds. The van der Waals surface area contributed by atoms with Crippen molar-refractivity contribution in [1.29, 1.82) is 0 Å². The monoisotopic (exact) mass is 252 g/mol. The number of carbonyl (C=O) groups excluding carboxylic acids is 1. The largest absolute Gasteiger partial charge is 0.348 e. The van der Waals surface area contributed by atoms with Crippen molar-refractivity contribution in [2.75, 3.05) is 0 Å². The second-order valence-electron chi connectivity index (χ2n) is 4.33. The summed E-state index contributed by atoms with van der Waals surface area (Å²) in [6.45, 7) is 2.57. The molecule has 96 valence electrons. The van der Waals surface area contributed by atoms with Gasteiger partial charge in [0.05, 0.1) is 0 Å². The summed E-state index contributed by atoms with van der Waals surface area (Å²) < 4.78 is 0. The van der Waals surface area contributed by atoms with Gasteiger partial charge in [-0.3, -0.25) is 9.78 Å². The minimum atomic E-state index is -0.106. The molecule has 0 atom stereocenters. The molecule has 1 N–H and O–H groups in total. The zero-order valence-corrected chi connectivity index (χ0v) is 10.8. The number of carbonyl (C=O) groups is 1. The molecule has 0 aliphatic carbocycles. The summed E-state index contributed by atoms with van der Waals surface area (Å²) in [5.41, 5.74) is 3.20. The number of amides is 1. The van der Waals surface area contributed by atoms with Gasteiger partial charge in [0, 0.05) is 25.0 Å². The number of hydrogen-bond acceptors (Lipinski definition) is 2. The highest BCUT2D eigenvalue weighted by Crippen LogP contribution is 2.03. The van der Waals surface area contributed by atoms with Crippen LogP contribution in [0.5, 0.6) is 0 Å². The van der Waals surface area contributed by atoms with Crippen LogP contribution in [-0.4, -0.2) is 10.9 Å². The van der Waals surface area contributed by atoms with Crippen molar-refractivity contribution in [2.45, 2.75) is 13.5 Å². The summed E-state index contributed by atoms with van der Waals surface area (Å²) in [4.78, 5) is 15.6. The maximum Gasteiger partial charge on any atom is 0.244 e. The van der Waals surface area contributed by atoms with Crippen LogP contribution in [0.25, 0.3) is 6.08 Å². The lowest BCUT2D eigenvalue weighted by Crippen LogP contribution is -2.20. The molecule has 0 unspecified atom stereocenters. The lowest BCUT2D eigenvalue weighted by molar-refractivity contribution is -0.116. The maximum atomic E-state index is 11.7. The van der Waals surface area contributed by atoms with E-state index in [9.17, 15) is 4.79 Å². The summed E-state index contributed by atoms with van der Waals surface area (Å²) >= 11 is 0. The van der Waals surface area contributed by atoms with E-state index < -0.39 is 0 Å². The van der Waals surface area contributed by atoms with E-state index in [0.29, 0.717) is 6.54 Å². The van der Waals surface area contributed by atoms with Gasteiger partial charge < -0.3 is 5.32 Å². The van der Waals surface area contributed by atoms with Crippen LogP contribution in [0.3, 0.4) is 0 Å². The molecule has 19 heavy (non-hydrogen) atoms. The van der Waals surface area contributed by atoms with Crippen molar-refractivity contribution in [3.63, 3.8) is 0 Å². The molecule has 2 rings (SSSR count). The maximum absolute atomic E-state index is 11.7. The lowest BCUT2D eigenvalue weighted by Gasteiger charge is -2.03. The van der Waals surface area contributed by atoms with Gasteiger partial charge in [0.15, 0.2) is 0 Å². The summed E-state index contributed by atoms with van der Waals surface area (Å²) in [5, 5.41) is 2.85. The zero-order chi connectivity index (χ0) is 13.5. The number of aromatic nitrogens is 1. The van der Waals surface area contributed by atoms with Crippen molar-refractivity contribution >= 4 is 12.0 Å². The number of rotatable bonds is 4. The van der Waals surface area contributed by atoms with Crippen molar-refractivity contribution in [2.24, 2.45) is 0 Å². The van der Waals surface area contributed by atoms with E-state index in [-0.39, 0.29) is 5.91 Å². The van der Waals surface area contributed by atoms with Crippen LogP contribution in [0.2, 0.25) is 0 Å².